The lowest BCUT2D eigenvalue weighted by Gasteiger charge is -2.20. The molecule has 3 rings (SSSR count). The molecule has 0 aromatic rings. The van der Waals surface area contributed by atoms with Crippen molar-refractivity contribution in [3.63, 3.8) is 0 Å². The van der Waals surface area contributed by atoms with Gasteiger partial charge in [0, 0.05) is 23.6 Å². The monoisotopic (exact) mass is 434 g/mol. The van der Waals surface area contributed by atoms with Gasteiger partial charge in [-0.2, -0.15) is 0 Å². The molecule has 0 spiro atoms. The second-order valence-electron chi connectivity index (χ2n) is 7.84. The van der Waals surface area contributed by atoms with Gasteiger partial charge in [0.15, 0.2) is 0 Å². The Morgan fingerprint density at radius 1 is 1.26 bits per heavy atom. The van der Waals surface area contributed by atoms with Crippen LogP contribution in [0.1, 0.15) is 39.5 Å². The number of hydrogen-bond acceptors (Lipinski definition) is 9. The Labute approximate surface area is 180 Å². The van der Waals surface area contributed by atoms with Crippen molar-refractivity contribution in [1.29, 1.82) is 0 Å². The average Bonchev–Trinajstić information content (AvgIpc) is 3.30. The number of hydrogen-bond donors (Lipinski definition) is 0. The van der Waals surface area contributed by atoms with Gasteiger partial charge in [0.1, 0.15) is 18.8 Å². The number of fused-ring (bicyclic) bond motifs is 3. The van der Waals surface area contributed by atoms with Gasteiger partial charge in [0.05, 0.1) is 12.2 Å². The summed E-state index contributed by atoms with van der Waals surface area (Å²) in [5.74, 6) is -2.31. The molecule has 0 radical (unpaired) electrons. The van der Waals surface area contributed by atoms with E-state index in [1.54, 1.807) is 6.92 Å². The molecular formula is C22H26O9. The Hall–Kier alpha value is -2.94. The minimum absolute atomic E-state index is 0.0375. The van der Waals surface area contributed by atoms with Crippen molar-refractivity contribution in [2.24, 2.45) is 5.92 Å². The van der Waals surface area contributed by atoms with Crippen molar-refractivity contribution >= 4 is 24.1 Å². The number of rotatable bonds is 5. The Kier molecular flexibility index (Phi) is 6.94. The van der Waals surface area contributed by atoms with Crippen LogP contribution in [0.4, 0.5) is 4.79 Å². The van der Waals surface area contributed by atoms with Crippen molar-refractivity contribution in [2.45, 2.75) is 57.3 Å². The standard InChI is InChI=1S/C22H26O9/c1-4-27-21(26)29-17(24)10-9-16(23)28-12-14-6-5-11-22(3)19(31-22)18-15(8-7-14)13(2)20(25)30-18/h6,9-10,15,18-19H,2,4-5,7-8,11-12H2,1,3H3/b10-9+,14-6+/t15-,18-,19-,22+/m0/s1. The van der Waals surface area contributed by atoms with Gasteiger partial charge in [-0.15, -0.1) is 0 Å². The van der Waals surface area contributed by atoms with Crippen LogP contribution in [-0.2, 0) is 38.1 Å². The molecule has 2 saturated heterocycles. The van der Waals surface area contributed by atoms with Gasteiger partial charge in [-0.1, -0.05) is 12.7 Å². The molecule has 0 aromatic carbocycles. The van der Waals surface area contributed by atoms with E-state index in [1.165, 1.54) is 0 Å². The highest BCUT2D eigenvalue weighted by Gasteiger charge is 2.61. The second-order valence-corrected chi connectivity index (χ2v) is 7.84. The van der Waals surface area contributed by atoms with Gasteiger partial charge in [0.25, 0.3) is 0 Å². The number of esters is 3. The summed E-state index contributed by atoms with van der Waals surface area (Å²) >= 11 is 0. The summed E-state index contributed by atoms with van der Waals surface area (Å²) in [6, 6.07) is 0. The molecule has 1 aliphatic carbocycles. The largest absolute Gasteiger partial charge is 0.516 e. The zero-order valence-corrected chi connectivity index (χ0v) is 17.6. The topological polar surface area (TPSA) is 118 Å². The molecule has 4 atom stereocenters. The third kappa shape index (κ3) is 5.61. The van der Waals surface area contributed by atoms with E-state index in [0.717, 1.165) is 30.6 Å². The van der Waals surface area contributed by atoms with Crippen molar-refractivity contribution in [2.75, 3.05) is 13.2 Å². The maximum Gasteiger partial charge on any atom is 0.516 e. The molecule has 31 heavy (non-hydrogen) atoms. The quantitative estimate of drug-likeness (QED) is 0.161. The minimum atomic E-state index is -1.14. The highest BCUT2D eigenvalue weighted by atomic mass is 16.7. The van der Waals surface area contributed by atoms with Crippen LogP contribution in [0, 0.1) is 5.92 Å². The van der Waals surface area contributed by atoms with Crippen LogP contribution in [0.2, 0.25) is 0 Å². The van der Waals surface area contributed by atoms with E-state index in [2.05, 4.69) is 16.1 Å². The number of ether oxygens (including phenoxy) is 5. The molecule has 0 aromatic heterocycles. The molecule has 0 bridgehead atoms. The van der Waals surface area contributed by atoms with Crippen molar-refractivity contribution in [3.05, 3.63) is 36.0 Å². The molecule has 9 heteroatoms. The lowest BCUT2D eigenvalue weighted by atomic mass is 9.84. The molecule has 3 aliphatic rings. The highest BCUT2D eigenvalue weighted by Crippen LogP contribution is 2.49. The highest BCUT2D eigenvalue weighted by molar-refractivity contribution is 5.95. The Bertz CT molecular complexity index is 840. The van der Waals surface area contributed by atoms with Gasteiger partial charge in [-0.05, 0) is 45.1 Å². The molecule has 168 valence electrons. The minimum Gasteiger partial charge on any atom is -0.458 e. The SMILES string of the molecule is C=C1C(=O)O[C@H]2[C@H]1CC/C(COC(=O)/C=C/C(=O)OC(=O)OCC)=C\CC[C@@]1(C)O[C@@H]21. The summed E-state index contributed by atoms with van der Waals surface area (Å²) in [5, 5.41) is 0. The predicted octanol–water partition coefficient (Wildman–Crippen LogP) is 2.54. The maximum absolute atomic E-state index is 12.0. The van der Waals surface area contributed by atoms with Crippen LogP contribution in [0.25, 0.3) is 0 Å². The third-order valence-electron chi connectivity index (χ3n) is 5.64. The first-order valence-corrected chi connectivity index (χ1v) is 10.2. The van der Waals surface area contributed by atoms with Gasteiger partial charge in [-0.25, -0.2) is 19.2 Å². The van der Waals surface area contributed by atoms with E-state index in [4.69, 9.17) is 14.2 Å². The van der Waals surface area contributed by atoms with Crippen LogP contribution in [0.15, 0.2) is 36.0 Å². The summed E-state index contributed by atoms with van der Waals surface area (Å²) in [6.07, 6.45) is 4.80. The summed E-state index contributed by atoms with van der Waals surface area (Å²) in [5.41, 5.74) is 0.998. The molecule has 0 saturated carbocycles. The van der Waals surface area contributed by atoms with Gasteiger partial charge in [0.2, 0.25) is 0 Å². The van der Waals surface area contributed by atoms with E-state index in [9.17, 15) is 19.2 Å². The normalized spacial score (nSPS) is 31.5. The number of carbonyl (C=O) groups is 4. The predicted molar refractivity (Wildman–Crippen MR) is 106 cm³/mol. The first-order chi connectivity index (χ1) is 14.7. The zero-order chi connectivity index (χ0) is 22.6. The fourth-order valence-corrected chi connectivity index (χ4v) is 3.86. The van der Waals surface area contributed by atoms with Gasteiger partial charge in [-0.3, -0.25) is 0 Å². The maximum atomic E-state index is 12.0. The van der Waals surface area contributed by atoms with Crippen LogP contribution in [0.5, 0.6) is 0 Å². The van der Waals surface area contributed by atoms with Crippen molar-refractivity contribution < 1.29 is 42.9 Å². The van der Waals surface area contributed by atoms with Crippen LogP contribution >= 0.6 is 0 Å². The fourth-order valence-electron chi connectivity index (χ4n) is 3.86. The number of carbonyl (C=O) groups excluding carboxylic acids is 4. The summed E-state index contributed by atoms with van der Waals surface area (Å²) in [6.45, 7) is 7.54. The molecule has 2 aliphatic heterocycles. The van der Waals surface area contributed by atoms with E-state index in [-0.39, 0.29) is 42.9 Å². The first-order valence-electron chi connectivity index (χ1n) is 10.2. The lowest BCUT2D eigenvalue weighted by molar-refractivity contribution is -0.140. The van der Waals surface area contributed by atoms with E-state index >= 15 is 0 Å². The van der Waals surface area contributed by atoms with E-state index in [0.29, 0.717) is 18.4 Å². The summed E-state index contributed by atoms with van der Waals surface area (Å²) in [4.78, 5) is 46.4. The van der Waals surface area contributed by atoms with Crippen molar-refractivity contribution in [1.82, 2.24) is 0 Å². The average molecular weight is 434 g/mol. The Morgan fingerprint density at radius 3 is 2.74 bits per heavy atom. The fraction of sp³-hybridized carbons (Fsp3) is 0.545. The Balaban J connectivity index is 1.54. The van der Waals surface area contributed by atoms with Crippen LogP contribution in [-0.4, -0.2) is 55.1 Å². The molecule has 2 fully saturated rings. The molecule has 0 unspecified atom stereocenters. The molecule has 9 nitrogen and oxygen atoms in total. The van der Waals surface area contributed by atoms with Crippen molar-refractivity contribution in [3.8, 4) is 0 Å². The Morgan fingerprint density at radius 2 is 2.00 bits per heavy atom. The van der Waals surface area contributed by atoms with Crippen LogP contribution < -0.4 is 0 Å². The second kappa shape index (κ2) is 9.47. The summed E-state index contributed by atoms with van der Waals surface area (Å²) in [7, 11) is 0. The number of allylic oxidation sites excluding steroid dienone is 1. The lowest BCUT2D eigenvalue weighted by Crippen LogP contribution is -2.29. The van der Waals surface area contributed by atoms with Gasteiger partial charge < -0.3 is 23.7 Å². The van der Waals surface area contributed by atoms with E-state index in [1.807, 2.05) is 13.0 Å². The number of epoxide rings is 1. The molecular weight excluding hydrogens is 408 g/mol. The van der Waals surface area contributed by atoms with Gasteiger partial charge >= 0.3 is 24.1 Å². The molecule has 0 N–H and O–H groups in total. The smallest absolute Gasteiger partial charge is 0.458 e. The van der Waals surface area contributed by atoms with Crippen LogP contribution in [0.3, 0.4) is 0 Å². The van der Waals surface area contributed by atoms with E-state index < -0.39 is 18.1 Å². The third-order valence-corrected chi connectivity index (χ3v) is 5.64. The molecule has 2 heterocycles. The zero-order valence-electron chi connectivity index (χ0n) is 17.6. The first kappa shape index (κ1) is 22.7. The molecule has 0 amide bonds. The summed E-state index contributed by atoms with van der Waals surface area (Å²) < 4.78 is 25.3.